The lowest BCUT2D eigenvalue weighted by atomic mass is 9.97. The summed E-state index contributed by atoms with van der Waals surface area (Å²) in [7, 11) is 0. The van der Waals surface area contributed by atoms with E-state index in [1.54, 1.807) is 0 Å². The molecule has 0 radical (unpaired) electrons. The number of ether oxygens (including phenoxy) is 2. The molecule has 32 heavy (non-hydrogen) atoms. The molecule has 7 nitrogen and oxygen atoms in total. The van der Waals surface area contributed by atoms with E-state index in [0.717, 1.165) is 17.4 Å². The van der Waals surface area contributed by atoms with Crippen LogP contribution in [0, 0.1) is 18.3 Å². The number of unbranched alkanes of at least 4 members (excludes halogenated alkanes) is 1. The number of halogens is 2. The summed E-state index contributed by atoms with van der Waals surface area (Å²) in [6.45, 7) is 6.72. The molecule has 9 heteroatoms. The number of nitriles is 1. The third-order valence-electron chi connectivity index (χ3n) is 4.91. The topological polar surface area (TPSA) is 102 Å². The van der Waals surface area contributed by atoms with Crippen LogP contribution in [-0.2, 0) is 11.3 Å². The van der Waals surface area contributed by atoms with Crippen molar-refractivity contribution < 1.29 is 19.4 Å². The van der Waals surface area contributed by atoms with Gasteiger partial charge in [-0.1, -0.05) is 36.5 Å². The first kappa shape index (κ1) is 25.7. The highest BCUT2D eigenvalue weighted by atomic mass is 35.5. The first-order valence-electron chi connectivity index (χ1n) is 10.4. The van der Waals surface area contributed by atoms with Crippen molar-refractivity contribution in [1.29, 1.82) is 5.26 Å². The molecule has 0 fully saturated rings. The highest BCUT2D eigenvalue weighted by Crippen LogP contribution is 2.36. The zero-order valence-electron chi connectivity index (χ0n) is 18.3. The van der Waals surface area contributed by atoms with Crippen molar-refractivity contribution in [3.05, 3.63) is 54.8 Å². The predicted molar refractivity (Wildman–Crippen MR) is 123 cm³/mol. The number of aromatic nitrogens is 1. The number of benzene rings is 1. The van der Waals surface area contributed by atoms with Gasteiger partial charge in [-0.15, -0.1) is 0 Å². The molecule has 1 aromatic heterocycles. The number of ketones is 1. The number of hydrogen-bond acceptors (Lipinski definition) is 6. The molecule has 2 aromatic rings. The van der Waals surface area contributed by atoms with Gasteiger partial charge < -0.3 is 14.6 Å². The number of nitrogens with zero attached hydrogens (tertiary/aromatic N) is 2. The maximum absolute atomic E-state index is 13.3. The average Bonchev–Trinajstić information content (AvgIpc) is 2.75. The summed E-state index contributed by atoms with van der Waals surface area (Å²) in [4.78, 5) is 26.0. The van der Waals surface area contributed by atoms with Crippen LogP contribution in [-0.4, -0.2) is 35.3 Å². The van der Waals surface area contributed by atoms with Gasteiger partial charge in [0.2, 0.25) is 5.88 Å². The summed E-state index contributed by atoms with van der Waals surface area (Å²) >= 11 is 12.6. The van der Waals surface area contributed by atoms with Crippen LogP contribution in [0.15, 0.2) is 16.9 Å². The van der Waals surface area contributed by atoms with E-state index >= 15 is 0 Å². The fourth-order valence-electron chi connectivity index (χ4n) is 3.19. The molecular weight excluding hydrogens is 455 g/mol. The van der Waals surface area contributed by atoms with Gasteiger partial charge in [-0.05, 0) is 44.4 Å². The lowest BCUT2D eigenvalue weighted by molar-refractivity contribution is 0.103. The molecule has 0 saturated carbocycles. The van der Waals surface area contributed by atoms with Crippen LogP contribution in [0.3, 0.4) is 0 Å². The van der Waals surface area contributed by atoms with Crippen LogP contribution in [0.4, 0.5) is 0 Å². The lowest BCUT2D eigenvalue weighted by Crippen LogP contribution is -2.27. The largest absolute Gasteiger partial charge is 0.494 e. The standard InChI is InChI=1S/C23H26Cl2N2O5/c1-4-6-10-32-21-17(24)11-15(12-18(21)25)20(28)19-14(3)16(13-26)22(29)27(23(19)30)8-7-9-31-5-2/h11-12,30H,4-10H2,1-3H3. The van der Waals surface area contributed by atoms with Crippen molar-refractivity contribution in [2.24, 2.45) is 0 Å². The van der Waals surface area contributed by atoms with E-state index in [-0.39, 0.29) is 44.6 Å². The molecule has 0 aliphatic rings. The molecule has 0 spiro atoms. The van der Waals surface area contributed by atoms with Crippen molar-refractivity contribution >= 4 is 29.0 Å². The number of pyridine rings is 1. The normalized spacial score (nSPS) is 10.8. The molecule has 172 valence electrons. The minimum Gasteiger partial charge on any atom is -0.494 e. The highest BCUT2D eigenvalue weighted by molar-refractivity contribution is 6.38. The van der Waals surface area contributed by atoms with Crippen LogP contribution in [0.5, 0.6) is 11.6 Å². The smallest absolute Gasteiger partial charge is 0.271 e. The van der Waals surface area contributed by atoms with E-state index in [4.69, 9.17) is 32.7 Å². The summed E-state index contributed by atoms with van der Waals surface area (Å²) in [6.07, 6.45) is 2.18. The fraction of sp³-hybridized carbons (Fsp3) is 0.435. The molecule has 0 aliphatic heterocycles. The fourth-order valence-corrected chi connectivity index (χ4v) is 3.79. The van der Waals surface area contributed by atoms with Gasteiger partial charge >= 0.3 is 0 Å². The van der Waals surface area contributed by atoms with Gasteiger partial charge in [0.05, 0.1) is 22.2 Å². The molecule has 1 N–H and O–H groups in total. The van der Waals surface area contributed by atoms with Crippen LogP contribution in [0.1, 0.15) is 60.2 Å². The van der Waals surface area contributed by atoms with Crippen LogP contribution < -0.4 is 10.3 Å². The number of rotatable bonds is 11. The van der Waals surface area contributed by atoms with Gasteiger partial charge in [0.25, 0.3) is 5.56 Å². The summed E-state index contributed by atoms with van der Waals surface area (Å²) in [5.74, 6) is -0.847. The van der Waals surface area contributed by atoms with E-state index < -0.39 is 17.2 Å². The molecule has 0 saturated heterocycles. The van der Waals surface area contributed by atoms with Crippen molar-refractivity contribution in [2.75, 3.05) is 19.8 Å². The average molecular weight is 481 g/mol. The Morgan fingerprint density at radius 2 is 1.84 bits per heavy atom. The van der Waals surface area contributed by atoms with E-state index in [2.05, 4.69) is 0 Å². The number of aromatic hydroxyl groups is 1. The molecule has 0 aliphatic carbocycles. The van der Waals surface area contributed by atoms with E-state index in [1.807, 2.05) is 19.9 Å². The molecule has 0 amide bonds. The predicted octanol–water partition coefficient (Wildman–Crippen LogP) is 4.88. The first-order chi connectivity index (χ1) is 15.3. The SMILES string of the molecule is CCCCOc1c(Cl)cc(C(=O)c2c(C)c(C#N)c(=O)n(CCCOCC)c2O)cc1Cl. The van der Waals surface area contributed by atoms with Crippen molar-refractivity contribution in [1.82, 2.24) is 4.57 Å². The number of carbonyl (C=O) groups excluding carboxylic acids is 1. The van der Waals surface area contributed by atoms with Crippen molar-refractivity contribution in [3.8, 4) is 17.7 Å². The summed E-state index contributed by atoms with van der Waals surface area (Å²) in [5, 5.41) is 20.6. The van der Waals surface area contributed by atoms with Gasteiger partial charge in [-0.3, -0.25) is 14.2 Å². The zero-order chi connectivity index (χ0) is 23.8. The third-order valence-corrected chi connectivity index (χ3v) is 5.47. The Labute approximate surface area is 197 Å². The summed E-state index contributed by atoms with van der Waals surface area (Å²) < 4.78 is 11.9. The lowest BCUT2D eigenvalue weighted by Gasteiger charge is -2.16. The maximum Gasteiger partial charge on any atom is 0.271 e. The van der Waals surface area contributed by atoms with Crippen molar-refractivity contribution in [2.45, 2.75) is 46.6 Å². The second-order valence-corrected chi connectivity index (χ2v) is 7.93. The van der Waals surface area contributed by atoms with Gasteiger partial charge in [0.15, 0.2) is 11.5 Å². The molecule has 0 unspecified atom stereocenters. The van der Waals surface area contributed by atoms with E-state index in [9.17, 15) is 20.0 Å². The second kappa shape index (κ2) is 11.9. The Morgan fingerprint density at radius 1 is 1.19 bits per heavy atom. The third kappa shape index (κ3) is 5.63. The first-order valence-corrected chi connectivity index (χ1v) is 11.1. The summed E-state index contributed by atoms with van der Waals surface area (Å²) in [6, 6.07) is 4.63. The number of carbonyl (C=O) groups is 1. The van der Waals surface area contributed by atoms with E-state index in [0.29, 0.717) is 26.2 Å². The maximum atomic E-state index is 13.3. The van der Waals surface area contributed by atoms with Gasteiger partial charge in [0.1, 0.15) is 11.6 Å². The van der Waals surface area contributed by atoms with Crippen LogP contribution >= 0.6 is 23.2 Å². The Morgan fingerprint density at radius 3 is 2.41 bits per heavy atom. The minimum atomic E-state index is -0.661. The van der Waals surface area contributed by atoms with Crippen LogP contribution in [0.2, 0.25) is 10.0 Å². The van der Waals surface area contributed by atoms with E-state index in [1.165, 1.54) is 19.1 Å². The molecule has 0 bridgehead atoms. The van der Waals surface area contributed by atoms with Gasteiger partial charge in [-0.25, -0.2) is 0 Å². The van der Waals surface area contributed by atoms with Gasteiger partial charge in [0, 0.05) is 25.3 Å². The zero-order valence-corrected chi connectivity index (χ0v) is 19.8. The molecule has 2 rings (SSSR count). The minimum absolute atomic E-state index is 0.0889. The monoisotopic (exact) mass is 480 g/mol. The van der Waals surface area contributed by atoms with Crippen LogP contribution in [0.25, 0.3) is 0 Å². The summed E-state index contributed by atoms with van der Waals surface area (Å²) in [5.41, 5.74) is -0.823. The Hall–Kier alpha value is -2.53. The molecule has 1 aromatic carbocycles. The Bertz CT molecular complexity index is 1070. The highest BCUT2D eigenvalue weighted by Gasteiger charge is 2.26. The van der Waals surface area contributed by atoms with Crippen molar-refractivity contribution in [3.63, 3.8) is 0 Å². The Balaban J connectivity index is 2.51. The Kier molecular flexibility index (Phi) is 9.58. The number of hydrogen-bond donors (Lipinski definition) is 1. The molecule has 0 atom stereocenters. The molecular formula is C23H26Cl2N2O5. The quantitative estimate of drug-likeness (QED) is 0.363. The van der Waals surface area contributed by atoms with Gasteiger partial charge in [-0.2, -0.15) is 5.26 Å². The second-order valence-electron chi connectivity index (χ2n) is 7.12. The molecule has 1 heterocycles.